The van der Waals surface area contributed by atoms with Gasteiger partial charge in [0, 0.05) is 16.5 Å². The first-order valence-electron chi connectivity index (χ1n) is 7.50. The molecule has 0 radical (unpaired) electrons. The molecule has 0 saturated carbocycles. The Morgan fingerprint density at radius 2 is 1.85 bits per heavy atom. The first-order chi connectivity index (χ1) is 9.44. The standard InChI is InChI=1S/C19H23N/c1-18(2,14-10-6-5-7-11-14)17-19(3,4)15-12-8-9-13-16(15)20-17/h6,8-13H,5,7H2,1-4H3. The van der Waals surface area contributed by atoms with Gasteiger partial charge in [-0.2, -0.15) is 0 Å². The minimum Gasteiger partial charge on any atom is -0.256 e. The number of nitrogens with zero attached hydrogens (tertiary/aromatic N) is 1. The van der Waals surface area contributed by atoms with E-state index in [2.05, 4.69) is 70.2 Å². The average molecular weight is 265 g/mol. The van der Waals surface area contributed by atoms with Crippen LogP contribution in [-0.4, -0.2) is 5.71 Å². The topological polar surface area (TPSA) is 12.4 Å². The molecule has 0 saturated heterocycles. The Labute approximate surface area is 122 Å². The van der Waals surface area contributed by atoms with Gasteiger partial charge in [0.15, 0.2) is 0 Å². The lowest BCUT2D eigenvalue weighted by Gasteiger charge is -2.36. The van der Waals surface area contributed by atoms with Crippen LogP contribution in [0.15, 0.2) is 53.1 Å². The summed E-state index contributed by atoms with van der Waals surface area (Å²) in [5.41, 5.74) is 5.17. The lowest BCUT2D eigenvalue weighted by atomic mass is 9.67. The summed E-state index contributed by atoms with van der Waals surface area (Å²) in [5, 5.41) is 0. The van der Waals surface area contributed by atoms with Gasteiger partial charge >= 0.3 is 0 Å². The van der Waals surface area contributed by atoms with E-state index >= 15 is 0 Å². The van der Waals surface area contributed by atoms with Gasteiger partial charge < -0.3 is 0 Å². The van der Waals surface area contributed by atoms with E-state index in [9.17, 15) is 0 Å². The summed E-state index contributed by atoms with van der Waals surface area (Å²) >= 11 is 0. The summed E-state index contributed by atoms with van der Waals surface area (Å²) in [6, 6.07) is 8.54. The molecule has 1 heteroatoms. The van der Waals surface area contributed by atoms with E-state index in [1.54, 1.807) is 0 Å². The predicted octanol–water partition coefficient (Wildman–Crippen LogP) is 5.35. The van der Waals surface area contributed by atoms with E-state index in [-0.39, 0.29) is 10.8 Å². The molecule has 1 nitrogen and oxygen atoms in total. The molecule has 104 valence electrons. The Bertz CT molecular complexity index is 627. The lowest BCUT2D eigenvalue weighted by molar-refractivity contribution is 0.569. The van der Waals surface area contributed by atoms with E-state index in [1.165, 1.54) is 16.8 Å². The maximum atomic E-state index is 4.99. The molecule has 0 amide bonds. The fourth-order valence-electron chi connectivity index (χ4n) is 3.62. The van der Waals surface area contributed by atoms with Gasteiger partial charge in [-0.3, -0.25) is 4.99 Å². The molecule has 0 aromatic heterocycles. The minimum atomic E-state index is -0.0144. The molecule has 0 atom stereocenters. The molecule has 1 aromatic rings. The van der Waals surface area contributed by atoms with Gasteiger partial charge in [0.05, 0.1) is 5.69 Å². The van der Waals surface area contributed by atoms with Crippen molar-refractivity contribution in [2.24, 2.45) is 10.4 Å². The maximum absolute atomic E-state index is 4.99. The first-order valence-corrected chi connectivity index (χ1v) is 7.50. The Balaban J connectivity index is 2.08. The van der Waals surface area contributed by atoms with Crippen LogP contribution in [0.5, 0.6) is 0 Å². The van der Waals surface area contributed by atoms with Crippen LogP contribution in [0.3, 0.4) is 0 Å². The molecule has 2 aliphatic rings. The third-order valence-electron chi connectivity index (χ3n) is 4.71. The third-order valence-corrected chi connectivity index (χ3v) is 4.71. The Morgan fingerprint density at radius 1 is 1.10 bits per heavy atom. The molecule has 3 rings (SSSR count). The fraction of sp³-hybridized carbons (Fsp3) is 0.421. The van der Waals surface area contributed by atoms with Crippen molar-refractivity contribution in [3.05, 3.63) is 53.6 Å². The summed E-state index contributed by atoms with van der Waals surface area (Å²) < 4.78 is 0. The zero-order valence-electron chi connectivity index (χ0n) is 12.9. The summed E-state index contributed by atoms with van der Waals surface area (Å²) in [7, 11) is 0. The van der Waals surface area contributed by atoms with Crippen LogP contribution < -0.4 is 0 Å². The van der Waals surface area contributed by atoms with Crippen molar-refractivity contribution in [1.82, 2.24) is 0 Å². The van der Waals surface area contributed by atoms with Gasteiger partial charge in [-0.05, 0) is 30.0 Å². The maximum Gasteiger partial charge on any atom is 0.0671 e. The van der Waals surface area contributed by atoms with E-state index in [0.717, 1.165) is 18.5 Å². The molecule has 1 aliphatic heterocycles. The monoisotopic (exact) mass is 265 g/mol. The third kappa shape index (κ3) is 1.88. The highest BCUT2D eigenvalue weighted by Gasteiger charge is 2.43. The summed E-state index contributed by atoms with van der Waals surface area (Å²) in [6.07, 6.45) is 9.25. The second kappa shape index (κ2) is 4.44. The van der Waals surface area contributed by atoms with Gasteiger partial charge in [0.1, 0.15) is 0 Å². The van der Waals surface area contributed by atoms with Crippen molar-refractivity contribution in [3.8, 4) is 0 Å². The molecule has 0 N–H and O–H groups in total. The lowest BCUT2D eigenvalue weighted by Crippen LogP contribution is -2.38. The van der Waals surface area contributed by atoms with Crippen molar-refractivity contribution in [3.63, 3.8) is 0 Å². The second-order valence-corrected chi connectivity index (χ2v) is 6.87. The molecular weight excluding hydrogens is 242 g/mol. The summed E-state index contributed by atoms with van der Waals surface area (Å²) in [4.78, 5) is 4.99. The average Bonchev–Trinajstić information content (AvgIpc) is 2.73. The van der Waals surface area contributed by atoms with Gasteiger partial charge in [-0.25, -0.2) is 0 Å². The number of aliphatic imine (C=N–C) groups is 1. The molecule has 0 unspecified atom stereocenters. The largest absolute Gasteiger partial charge is 0.256 e. The molecule has 1 aliphatic carbocycles. The number of hydrogen-bond acceptors (Lipinski definition) is 1. The van der Waals surface area contributed by atoms with E-state index < -0.39 is 0 Å². The Morgan fingerprint density at radius 3 is 2.50 bits per heavy atom. The van der Waals surface area contributed by atoms with Crippen LogP contribution >= 0.6 is 0 Å². The SMILES string of the molecule is CC(C)(C1=CCCC=C1)C1=Nc2ccccc2C1(C)C. The highest BCUT2D eigenvalue weighted by molar-refractivity contribution is 6.06. The Kier molecular flexibility index (Phi) is 2.97. The molecule has 1 heterocycles. The predicted molar refractivity (Wildman–Crippen MR) is 86.8 cm³/mol. The van der Waals surface area contributed by atoms with Crippen LogP contribution in [0.1, 0.15) is 46.1 Å². The summed E-state index contributed by atoms with van der Waals surface area (Å²) in [6.45, 7) is 9.21. The number of hydrogen-bond donors (Lipinski definition) is 0. The summed E-state index contributed by atoms with van der Waals surface area (Å²) in [5.74, 6) is 0. The van der Waals surface area contributed by atoms with Crippen LogP contribution in [-0.2, 0) is 5.41 Å². The highest BCUT2D eigenvalue weighted by Crippen LogP contribution is 2.47. The number of allylic oxidation sites excluding steroid dienone is 4. The number of para-hydroxylation sites is 1. The molecule has 1 aromatic carbocycles. The quantitative estimate of drug-likeness (QED) is 0.683. The zero-order chi connectivity index (χ0) is 14.4. The van der Waals surface area contributed by atoms with Crippen molar-refractivity contribution >= 4 is 11.4 Å². The van der Waals surface area contributed by atoms with Gasteiger partial charge in [0.2, 0.25) is 0 Å². The van der Waals surface area contributed by atoms with Crippen molar-refractivity contribution in [1.29, 1.82) is 0 Å². The van der Waals surface area contributed by atoms with Crippen molar-refractivity contribution < 1.29 is 0 Å². The Hall–Kier alpha value is -1.63. The van der Waals surface area contributed by atoms with Gasteiger partial charge in [0.25, 0.3) is 0 Å². The van der Waals surface area contributed by atoms with Crippen molar-refractivity contribution in [2.45, 2.75) is 46.0 Å². The van der Waals surface area contributed by atoms with Crippen molar-refractivity contribution in [2.75, 3.05) is 0 Å². The molecule has 0 spiro atoms. The second-order valence-electron chi connectivity index (χ2n) is 6.87. The molecule has 0 bridgehead atoms. The smallest absolute Gasteiger partial charge is 0.0671 e. The number of rotatable bonds is 2. The number of benzene rings is 1. The minimum absolute atomic E-state index is 0.00617. The van der Waals surface area contributed by atoms with Gasteiger partial charge in [-0.1, -0.05) is 64.1 Å². The van der Waals surface area contributed by atoms with E-state index in [1.807, 2.05) is 0 Å². The number of fused-ring (bicyclic) bond motifs is 1. The molecule has 20 heavy (non-hydrogen) atoms. The van der Waals surface area contributed by atoms with E-state index in [4.69, 9.17) is 4.99 Å². The molecule has 0 fully saturated rings. The van der Waals surface area contributed by atoms with Crippen LogP contribution in [0.25, 0.3) is 0 Å². The first kappa shape index (κ1) is 13.4. The zero-order valence-corrected chi connectivity index (χ0v) is 12.9. The van der Waals surface area contributed by atoms with Crippen LogP contribution in [0.2, 0.25) is 0 Å². The normalized spacial score (nSPS) is 20.4. The highest BCUT2D eigenvalue weighted by atomic mass is 14.8. The van der Waals surface area contributed by atoms with E-state index in [0.29, 0.717) is 0 Å². The van der Waals surface area contributed by atoms with Crippen LogP contribution in [0, 0.1) is 5.41 Å². The van der Waals surface area contributed by atoms with Crippen LogP contribution in [0.4, 0.5) is 5.69 Å². The van der Waals surface area contributed by atoms with Gasteiger partial charge in [-0.15, -0.1) is 0 Å². The fourth-order valence-corrected chi connectivity index (χ4v) is 3.62. The molecular formula is C19H23N.